The minimum Gasteiger partial charge on any atom is -0.364 e. The zero-order valence-corrected chi connectivity index (χ0v) is 14.0. The Hall–Kier alpha value is -1.63. The molecule has 0 unspecified atom stereocenters. The summed E-state index contributed by atoms with van der Waals surface area (Å²) in [6.45, 7) is 2.38. The summed E-state index contributed by atoms with van der Waals surface area (Å²) < 4.78 is 5.56. The average molecular weight is 342 g/mol. The van der Waals surface area contributed by atoms with Crippen LogP contribution in [-0.2, 0) is 14.3 Å². The van der Waals surface area contributed by atoms with Crippen LogP contribution in [0.4, 0.5) is 11.4 Å². The largest absolute Gasteiger partial charge is 0.364 e. The minimum atomic E-state index is -0.452. The van der Waals surface area contributed by atoms with Crippen LogP contribution < -0.4 is 16.4 Å². The summed E-state index contributed by atoms with van der Waals surface area (Å²) in [4.78, 5) is 23.7. The zero-order valence-electron chi connectivity index (χ0n) is 13.2. The van der Waals surface area contributed by atoms with Crippen molar-refractivity contribution in [2.24, 2.45) is 5.73 Å². The highest BCUT2D eigenvalue weighted by Gasteiger charge is 2.29. The number of amides is 2. The van der Waals surface area contributed by atoms with Gasteiger partial charge in [0.05, 0.1) is 6.10 Å². The number of carbonyl (C=O) groups excluding carboxylic acids is 2. The molecule has 0 aromatic heterocycles. The normalized spacial score (nSPS) is 19.7. The van der Waals surface area contributed by atoms with E-state index in [1.54, 1.807) is 24.3 Å². The van der Waals surface area contributed by atoms with E-state index in [1.807, 2.05) is 6.92 Å². The summed E-state index contributed by atoms with van der Waals surface area (Å²) in [7, 11) is 0. The number of benzene rings is 1. The summed E-state index contributed by atoms with van der Waals surface area (Å²) in [5.74, 6) is -0.205. The molecule has 7 heteroatoms. The number of rotatable bonds is 6. The van der Waals surface area contributed by atoms with Gasteiger partial charge in [0.25, 0.3) is 5.91 Å². The van der Waals surface area contributed by atoms with E-state index in [0.29, 0.717) is 30.8 Å². The highest BCUT2D eigenvalue weighted by molar-refractivity contribution is 5.96. The average Bonchev–Trinajstić information content (AvgIpc) is 2.97. The first-order chi connectivity index (χ1) is 10.6. The zero-order chi connectivity index (χ0) is 15.9. The lowest BCUT2D eigenvalue weighted by Gasteiger charge is -2.13. The summed E-state index contributed by atoms with van der Waals surface area (Å²) in [5, 5.41) is 5.62. The number of nitrogens with two attached hydrogens (primary N) is 1. The first-order valence-corrected chi connectivity index (χ1v) is 7.68. The molecule has 1 aromatic rings. The van der Waals surface area contributed by atoms with Gasteiger partial charge in [-0.25, -0.2) is 0 Å². The Morgan fingerprint density at radius 3 is 2.57 bits per heavy atom. The molecule has 0 radical (unpaired) electrons. The van der Waals surface area contributed by atoms with Gasteiger partial charge in [0.2, 0.25) is 5.91 Å². The van der Waals surface area contributed by atoms with Crippen LogP contribution in [-0.4, -0.2) is 30.6 Å². The molecule has 1 saturated heterocycles. The van der Waals surface area contributed by atoms with Crippen LogP contribution in [0.3, 0.4) is 0 Å². The van der Waals surface area contributed by atoms with Crippen molar-refractivity contribution in [3.05, 3.63) is 24.3 Å². The van der Waals surface area contributed by atoms with E-state index in [1.165, 1.54) is 0 Å². The van der Waals surface area contributed by atoms with Gasteiger partial charge in [0, 0.05) is 24.3 Å². The maximum Gasteiger partial charge on any atom is 0.253 e. The first-order valence-electron chi connectivity index (χ1n) is 7.68. The second kappa shape index (κ2) is 9.50. The molecule has 6 nitrogen and oxygen atoms in total. The van der Waals surface area contributed by atoms with Crippen molar-refractivity contribution in [1.82, 2.24) is 0 Å². The van der Waals surface area contributed by atoms with Gasteiger partial charge in [-0.1, -0.05) is 13.0 Å². The van der Waals surface area contributed by atoms with Gasteiger partial charge in [0.1, 0.15) is 6.10 Å². The first kappa shape index (κ1) is 19.4. The SMILES string of the molecule is CCCC(=O)Nc1cccc(NC(=O)[C@@H]2CC[C@H](CN)O2)c1.Cl. The number of ether oxygens (including phenoxy) is 1. The lowest BCUT2D eigenvalue weighted by molar-refractivity contribution is -0.126. The number of carbonyl (C=O) groups is 2. The van der Waals surface area contributed by atoms with Gasteiger partial charge in [-0.15, -0.1) is 12.4 Å². The van der Waals surface area contributed by atoms with E-state index < -0.39 is 6.10 Å². The van der Waals surface area contributed by atoms with E-state index in [2.05, 4.69) is 10.6 Å². The lowest BCUT2D eigenvalue weighted by Crippen LogP contribution is -2.29. The second-order valence-electron chi connectivity index (χ2n) is 5.43. The Bertz CT molecular complexity index is 539. The Morgan fingerprint density at radius 2 is 1.96 bits per heavy atom. The number of nitrogens with one attached hydrogen (secondary N) is 2. The second-order valence-corrected chi connectivity index (χ2v) is 5.43. The third-order valence-electron chi connectivity index (χ3n) is 3.55. The van der Waals surface area contributed by atoms with Crippen LogP contribution in [0.1, 0.15) is 32.6 Å². The fourth-order valence-corrected chi connectivity index (χ4v) is 2.42. The van der Waals surface area contributed by atoms with Gasteiger partial charge in [-0.05, 0) is 37.5 Å². The van der Waals surface area contributed by atoms with Crippen LogP contribution in [0.5, 0.6) is 0 Å². The van der Waals surface area contributed by atoms with Gasteiger partial charge in [0.15, 0.2) is 0 Å². The number of hydrogen-bond donors (Lipinski definition) is 3. The number of hydrogen-bond acceptors (Lipinski definition) is 4. The fraction of sp³-hybridized carbons (Fsp3) is 0.500. The summed E-state index contributed by atoms with van der Waals surface area (Å²) >= 11 is 0. The molecule has 2 rings (SSSR count). The monoisotopic (exact) mass is 341 g/mol. The summed E-state index contributed by atoms with van der Waals surface area (Å²) in [6, 6.07) is 7.10. The van der Waals surface area contributed by atoms with Crippen molar-refractivity contribution in [3.8, 4) is 0 Å². The number of anilines is 2. The third-order valence-corrected chi connectivity index (χ3v) is 3.55. The topological polar surface area (TPSA) is 93.5 Å². The van der Waals surface area contributed by atoms with Crippen LogP contribution in [0.25, 0.3) is 0 Å². The summed E-state index contributed by atoms with van der Waals surface area (Å²) in [5.41, 5.74) is 6.85. The maximum atomic E-state index is 12.1. The Labute approximate surface area is 142 Å². The van der Waals surface area contributed by atoms with Crippen molar-refractivity contribution in [1.29, 1.82) is 0 Å². The van der Waals surface area contributed by atoms with E-state index in [-0.39, 0.29) is 30.3 Å². The van der Waals surface area contributed by atoms with E-state index in [0.717, 1.165) is 12.8 Å². The van der Waals surface area contributed by atoms with Crippen molar-refractivity contribution in [2.75, 3.05) is 17.2 Å². The third kappa shape index (κ3) is 5.82. The summed E-state index contributed by atoms with van der Waals surface area (Å²) in [6.07, 6.45) is 2.28. The van der Waals surface area contributed by atoms with E-state index >= 15 is 0 Å². The van der Waals surface area contributed by atoms with Gasteiger partial charge >= 0.3 is 0 Å². The lowest BCUT2D eigenvalue weighted by atomic mass is 10.2. The quantitative estimate of drug-likeness (QED) is 0.740. The molecule has 0 spiro atoms. The predicted octanol–water partition coefficient (Wildman–Crippen LogP) is 2.29. The Kier molecular flexibility index (Phi) is 8.02. The molecule has 2 amide bonds. The van der Waals surface area contributed by atoms with Crippen molar-refractivity contribution in [3.63, 3.8) is 0 Å². The van der Waals surface area contributed by atoms with Crippen LogP contribution in [0, 0.1) is 0 Å². The molecule has 1 aliphatic heterocycles. The van der Waals surface area contributed by atoms with Gasteiger partial charge < -0.3 is 21.1 Å². The maximum absolute atomic E-state index is 12.1. The van der Waals surface area contributed by atoms with Gasteiger partial charge in [-0.3, -0.25) is 9.59 Å². The molecule has 0 bridgehead atoms. The van der Waals surface area contributed by atoms with Crippen LogP contribution in [0.15, 0.2) is 24.3 Å². The molecule has 0 saturated carbocycles. The van der Waals surface area contributed by atoms with E-state index in [9.17, 15) is 9.59 Å². The predicted molar refractivity (Wildman–Crippen MR) is 92.8 cm³/mol. The molecule has 1 heterocycles. The number of halogens is 1. The van der Waals surface area contributed by atoms with Crippen molar-refractivity contribution >= 4 is 35.6 Å². The smallest absolute Gasteiger partial charge is 0.253 e. The molecule has 1 aromatic carbocycles. The van der Waals surface area contributed by atoms with Crippen LogP contribution >= 0.6 is 12.4 Å². The highest BCUT2D eigenvalue weighted by Crippen LogP contribution is 2.21. The Morgan fingerprint density at radius 1 is 1.26 bits per heavy atom. The van der Waals surface area contributed by atoms with E-state index in [4.69, 9.17) is 10.5 Å². The van der Waals surface area contributed by atoms with Gasteiger partial charge in [-0.2, -0.15) is 0 Å². The van der Waals surface area contributed by atoms with Crippen molar-refractivity contribution in [2.45, 2.75) is 44.8 Å². The standard InChI is InChI=1S/C16H23N3O3.ClH/c1-2-4-15(20)18-11-5-3-6-12(9-11)19-16(21)14-8-7-13(10-17)22-14;/h3,5-6,9,13-14H,2,4,7-8,10,17H2,1H3,(H,18,20)(H,19,21);1H/t13-,14+;/m1./s1. The molecule has 1 fully saturated rings. The highest BCUT2D eigenvalue weighted by atomic mass is 35.5. The fourth-order valence-electron chi connectivity index (χ4n) is 2.42. The minimum absolute atomic E-state index is 0. The van der Waals surface area contributed by atoms with Crippen LogP contribution in [0.2, 0.25) is 0 Å². The molecular weight excluding hydrogens is 318 g/mol. The van der Waals surface area contributed by atoms with Crippen molar-refractivity contribution < 1.29 is 14.3 Å². The molecular formula is C16H24ClN3O3. The molecule has 1 aliphatic rings. The molecule has 4 N–H and O–H groups in total. The molecule has 2 atom stereocenters. The molecule has 128 valence electrons. The molecule has 0 aliphatic carbocycles. The molecule has 23 heavy (non-hydrogen) atoms. The Balaban J connectivity index is 0.00000264.